The van der Waals surface area contributed by atoms with Crippen LogP contribution < -0.4 is 10.4 Å². The van der Waals surface area contributed by atoms with E-state index in [-0.39, 0.29) is 11.0 Å². The summed E-state index contributed by atoms with van der Waals surface area (Å²) in [5.41, 5.74) is 1.14. The molecule has 0 saturated carbocycles. The predicted molar refractivity (Wildman–Crippen MR) is 89.0 cm³/mol. The van der Waals surface area contributed by atoms with Crippen molar-refractivity contribution in [2.24, 2.45) is 0 Å². The first-order chi connectivity index (χ1) is 10.4. The molecule has 0 amide bonds. The summed E-state index contributed by atoms with van der Waals surface area (Å²) in [7, 11) is 0. The van der Waals surface area contributed by atoms with Crippen LogP contribution in [0.5, 0.6) is 0 Å². The van der Waals surface area contributed by atoms with Crippen molar-refractivity contribution in [3.8, 4) is 0 Å². The predicted octanol–water partition coefficient (Wildman–Crippen LogP) is 2.89. The van der Waals surface area contributed by atoms with Crippen molar-refractivity contribution in [2.75, 3.05) is 6.54 Å². The number of nitrogens with one attached hydrogen (secondary N) is 2. The van der Waals surface area contributed by atoms with Crippen LogP contribution in [-0.2, 0) is 11.3 Å². The number of hydrogen-bond acceptors (Lipinski definition) is 5. The molecule has 120 valence electrons. The summed E-state index contributed by atoms with van der Waals surface area (Å²) in [4.78, 5) is 26.2. The van der Waals surface area contributed by atoms with Crippen LogP contribution in [0.3, 0.4) is 0 Å². The smallest absolute Gasteiger partial charge is 0.383 e. The largest absolute Gasteiger partial charge is 0.451 e. The Kier molecular flexibility index (Phi) is 5.31. The summed E-state index contributed by atoms with van der Waals surface area (Å²) in [5.74, 6) is 0. The maximum Gasteiger partial charge on any atom is 0.383 e. The van der Waals surface area contributed by atoms with Gasteiger partial charge in [0.05, 0.1) is 11.0 Å². The van der Waals surface area contributed by atoms with E-state index in [0.717, 1.165) is 29.4 Å². The Balaban J connectivity index is 1.78. The molecule has 6 nitrogen and oxygen atoms in total. The average Bonchev–Trinajstić information content (AvgIpc) is 2.72. The number of aryl methyl sites for hydroxylation is 1. The lowest BCUT2D eigenvalue weighted by molar-refractivity contribution is 0.0736. The Hall–Kier alpha value is -1.73. The molecule has 0 radical (unpaired) electrons. The lowest BCUT2D eigenvalue weighted by Gasteiger charge is -2.18. The Labute approximate surface area is 133 Å². The van der Waals surface area contributed by atoms with E-state index in [1.165, 1.54) is 0 Å². The monoisotopic (exact) mass is 323 g/mol. The van der Waals surface area contributed by atoms with Crippen LogP contribution in [0.15, 0.2) is 29.1 Å². The second-order valence-corrected chi connectivity index (χ2v) is 6.74. The van der Waals surface area contributed by atoms with Crippen molar-refractivity contribution in [3.05, 3.63) is 34.7 Å². The Morgan fingerprint density at radius 3 is 2.82 bits per heavy atom. The van der Waals surface area contributed by atoms with Crippen molar-refractivity contribution < 1.29 is 9.53 Å². The SMILES string of the molecule is CC(C)(C)OC(=O)SNCCCn1c(=O)[nH]c2ccccc21. The third-order valence-electron chi connectivity index (χ3n) is 2.89. The second-order valence-electron chi connectivity index (χ2n) is 5.91. The highest BCUT2D eigenvalue weighted by Crippen LogP contribution is 2.13. The van der Waals surface area contributed by atoms with Gasteiger partial charge in [0.15, 0.2) is 0 Å². The molecule has 2 N–H and O–H groups in total. The van der Waals surface area contributed by atoms with Gasteiger partial charge in [-0.3, -0.25) is 9.29 Å². The van der Waals surface area contributed by atoms with Gasteiger partial charge in [-0.1, -0.05) is 12.1 Å². The van der Waals surface area contributed by atoms with Crippen LogP contribution in [0.1, 0.15) is 27.2 Å². The first-order valence-electron chi connectivity index (χ1n) is 7.17. The minimum Gasteiger partial charge on any atom is -0.451 e. The van der Waals surface area contributed by atoms with Crippen LogP contribution in [0.4, 0.5) is 4.79 Å². The number of benzene rings is 1. The van der Waals surface area contributed by atoms with Crippen LogP contribution in [0.25, 0.3) is 11.0 Å². The molecule has 0 atom stereocenters. The molecule has 1 aromatic carbocycles. The number of ether oxygens (including phenoxy) is 1. The number of H-pyrrole nitrogens is 1. The van der Waals surface area contributed by atoms with Gasteiger partial charge in [-0.05, 0) is 39.3 Å². The molecule has 7 heteroatoms. The standard InChI is InChI=1S/C15H21N3O3S/c1-15(2,3)21-14(20)22-16-9-6-10-18-12-8-5-4-7-11(12)17-13(18)19/h4-5,7-8,16H,6,9-10H2,1-3H3,(H,17,19). The van der Waals surface area contributed by atoms with Gasteiger partial charge in [0, 0.05) is 25.0 Å². The molecule has 0 aliphatic heterocycles. The van der Waals surface area contributed by atoms with E-state index in [2.05, 4.69) is 9.71 Å². The quantitative estimate of drug-likeness (QED) is 0.503. The van der Waals surface area contributed by atoms with Crippen LogP contribution in [-0.4, -0.2) is 27.0 Å². The molecule has 2 rings (SSSR count). The molecule has 22 heavy (non-hydrogen) atoms. The number of carbonyl (C=O) groups is 1. The summed E-state index contributed by atoms with van der Waals surface area (Å²) in [6.07, 6.45) is 0.734. The molecule has 0 aliphatic carbocycles. The van der Waals surface area contributed by atoms with Crippen LogP contribution in [0.2, 0.25) is 0 Å². The van der Waals surface area contributed by atoms with Crippen molar-refractivity contribution in [3.63, 3.8) is 0 Å². The van der Waals surface area contributed by atoms with Gasteiger partial charge in [0.25, 0.3) is 0 Å². The first-order valence-corrected chi connectivity index (χ1v) is 7.99. The third kappa shape index (κ3) is 4.64. The van der Waals surface area contributed by atoms with E-state index in [9.17, 15) is 9.59 Å². The topological polar surface area (TPSA) is 76.1 Å². The number of fused-ring (bicyclic) bond motifs is 1. The van der Waals surface area contributed by atoms with Crippen LogP contribution >= 0.6 is 11.9 Å². The van der Waals surface area contributed by atoms with Gasteiger partial charge in [-0.25, -0.2) is 9.59 Å². The molecule has 0 bridgehead atoms. The summed E-state index contributed by atoms with van der Waals surface area (Å²) < 4.78 is 9.83. The fourth-order valence-electron chi connectivity index (χ4n) is 2.02. The summed E-state index contributed by atoms with van der Waals surface area (Å²) in [6, 6.07) is 7.59. The second kappa shape index (κ2) is 7.02. The van der Waals surface area contributed by atoms with E-state index >= 15 is 0 Å². The van der Waals surface area contributed by atoms with Crippen molar-refractivity contribution in [1.82, 2.24) is 14.3 Å². The molecule has 1 aromatic heterocycles. The van der Waals surface area contributed by atoms with E-state index < -0.39 is 5.60 Å². The van der Waals surface area contributed by atoms with Crippen LogP contribution in [0, 0.1) is 0 Å². The Morgan fingerprint density at radius 1 is 1.36 bits per heavy atom. The minimum atomic E-state index is -0.483. The van der Waals surface area contributed by atoms with Gasteiger partial charge in [-0.15, -0.1) is 0 Å². The molecule has 1 heterocycles. The van der Waals surface area contributed by atoms with Crippen molar-refractivity contribution >= 4 is 28.3 Å². The van der Waals surface area contributed by atoms with Gasteiger partial charge < -0.3 is 9.72 Å². The molecule has 0 aliphatic rings. The molecule has 0 spiro atoms. The zero-order chi connectivity index (χ0) is 16.2. The van der Waals surface area contributed by atoms with E-state index in [1.807, 2.05) is 45.0 Å². The van der Waals surface area contributed by atoms with E-state index in [4.69, 9.17) is 4.74 Å². The summed E-state index contributed by atoms with van der Waals surface area (Å²) in [6.45, 7) is 6.68. The van der Waals surface area contributed by atoms with Gasteiger partial charge in [0.1, 0.15) is 5.60 Å². The Bertz CT molecular complexity index is 700. The van der Waals surface area contributed by atoms with E-state index in [1.54, 1.807) is 4.57 Å². The number of aromatic amines is 1. The summed E-state index contributed by atoms with van der Waals surface area (Å²) in [5, 5.41) is -0.350. The maximum atomic E-state index is 11.9. The number of imidazole rings is 1. The lowest BCUT2D eigenvalue weighted by Crippen LogP contribution is -2.24. The third-order valence-corrected chi connectivity index (χ3v) is 3.49. The van der Waals surface area contributed by atoms with E-state index in [0.29, 0.717) is 13.1 Å². The zero-order valence-corrected chi connectivity index (χ0v) is 13.8. The van der Waals surface area contributed by atoms with Crippen molar-refractivity contribution in [2.45, 2.75) is 39.3 Å². The highest BCUT2D eigenvalue weighted by Gasteiger charge is 2.16. The number of aromatic nitrogens is 2. The number of nitrogens with zero attached hydrogens (tertiary/aromatic N) is 1. The highest BCUT2D eigenvalue weighted by molar-refractivity contribution is 8.11. The fraction of sp³-hybridized carbons (Fsp3) is 0.467. The van der Waals surface area contributed by atoms with Crippen molar-refractivity contribution in [1.29, 1.82) is 0 Å². The highest BCUT2D eigenvalue weighted by atomic mass is 32.2. The molecular weight excluding hydrogens is 302 g/mol. The zero-order valence-electron chi connectivity index (χ0n) is 13.0. The number of rotatable bonds is 5. The molecular formula is C15H21N3O3S. The van der Waals surface area contributed by atoms with Gasteiger partial charge >= 0.3 is 11.0 Å². The molecule has 0 unspecified atom stereocenters. The minimum absolute atomic E-state index is 0.110. The molecule has 0 saturated heterocycles. The number of para-hydroxylation sites is 2. The summed E-state index contributed by atoms with van der Waals surface area (Å²) >= 11 is 0.942. The number of hydrogen-bond donors (Lipinski definition) is 2. The Morgan fingerprint density at radius 2 is 2.09 bits per heavy atom. The fourth-order valence-corrected chi connectivity index (χ4v) is 2.67. The first kappa shape index (κ1) is 16.6. The molecule has 0 fully saturated rings. The normalized spacial score (nSPS) is 11.8. The lowest BCUT2D eigenvalue weighted by atomic mass is 10.2. The molecule has 2 aromatic rings. The number of carbonyl (C=O) groups excluding carboxylic acids is 1. The van der Waals surface area contributed by atoms with Gasteiger partial charge in [0.2, 0.25) is 0 Å². The average molecular weight is 323 g/mol. The maximum absolute atomic E-state index is 11.9. The van der Waals surface area contributed by atoms with Gasteiger partial charge in [-0.2, -0.15) is 0 Å².